The molecule has 0 aliphatic rings. The Hall–Kier alpha value is -3.28. The SMILES string of the molecule is Cc1ccc2cccc(N=C([O-])c3ccc([N+](=O)[O-])cc3)c2n1. The maximum Gasteiger partial charge on any atom is 0.269 e. The molecular formula is C17H12N3O3-. The molecule has 0 N–H and O–H groups in total. The van der Waals surface area contributed by atoms with Gasteiger partial charge < -0.3 is 5.11 Å². The lowest BCUT2D eigenvalue weighted by Crippen LogP contribution is -2.18. The number of benzene rings is 2. The number of fused-ring (bicyclic) bond motifs is 1. The highest BCUT2D eigenvalue weighted by atomic mass is 16.6. The zero-order chi connectivity index (χ0) is 16.4. The van der Waals surface area contributed by atoms with E-state index in [1.54, 1.807) is 12.1 Å². The van der Waals surface area contributed by atoms with Crippen molar-refractivity contribution in [3.05, 3.63) is 76.0 Å². The quantitative estimate of drug-likeness (QED) is 0.322. The Morgan fingerprint density at radius 2 is 1.83 bits per heavy atom. The number of hydrogen-bond acceptors (Lipinski definition) is 5. The fourth-order valence-corrected chi connectivity index (χ4v) is 2.22. The first-order valence-corrected chi connectivity index (χ1v) is 6.91. The number of rotatable bonds is 3. The van der Waals surface area contributed by atoms with Crippen molar-refractivity contribution < 1.29 is 10.0 Å². The van der Waals surface area contributed by atoms with E-state index in [1.165, 1.54) is 24.3 Å². The highest BCUT2D eigenvalue weighted by molar-refractivity contribution is 5.97. The van der Waals surface area contributed by atoms with E-state index < -0.39 is 10.8 Å². The summed E-state index contributed by atoms with van der Waals surface area (Å²) >= 11 is 0. The molecule has 2 aromatic carbocycles. The normalized spacial score (nSPS) is 11.6. The lowest BCUT2D eigenvalue weighted by molar-refractivity contribution is -0.384. The summed E-state index contributed by atoms with van der Waals surface area (Å²) in [5, 5.41) is 23.8. The van der Waals surface area contributed by atoms with E-state index in [0.717, 1.165) is 11.1 Å². The van der Waals surface area contributed by atoms with Crippen LogP contribution in [0, 0.1) is 17.0 Å². The van der Waals surface area contributed by atoms with Crippen LogP contribution in [0.25, 0.3) is 10.9 Å². The Kier molecular flexibility index (Phi) is 3.72. The van der Waals surface area contributed by atoms with Crippen molar-refractivity contribution >= 4 is 28.2 Å². The van der Waals surface area contributed by atoms with Gasteiger partial charge in [-0.1, -0.05) is 18.2 Å². The molecule has 114 valence electrons. The van der Waals surface area contributed by atoms with Gasteiger partial charge in [0.25, 0.3) is 5.69 Å². The van der Waals surface area contributed by atoms with Crippen molar-refractivity contribution in [2.75, 3.05) is 0 Å². The second-order valence-corrected chi connectivity index (χ2v) is 5.02. The Labute approximate surface area is 131 Å². The van der Waals surface area contributed by atoms with E-state index in [2.05, 4.69) is 9.98 Å². The molecule has 3 rings (SSSR count). The number of aliphatic imine (C=N–C) groups is 1. The zero-order valence-electron chi connectivity index (χ0n) is 12.3. The molecule has 0 atom stereocenters. The van der Waals surface area contributed by atoms with Gasteiger partial charge in [-0.25, -0.2) is 0 Å². The number of nitro benzene ring substituents is 1. The van der Waals surface area contributed by atoms with Gasteiger partial charge in [0.05, 0.1) is 16.1 Å². The average Bonchev–Trinajstić information content (AvgIpc) is 2.55. The van der Waals surface area contributed by atoms with Crippen LogP contribution in [0.2, 0.25) is 0 Å². The molecule has 0 saturated carbocycles. The number of pyridine rings is 1. The summed E-state index contributed by atoms with van der Waals surface area (Å²) in [6.45, 7) is 1.87. The van der Waals surface area contributed by atoms with E-state index in [-0.39, 0.29) is 5.69 Å². The number of aromatic nitrogens is 1. The first-order valence-electron chi connectivity index (χ1n) is 6.91. The van der Waals surface area contributed by atoms with Gasteiger partial charge in [0.1, 0.15) is 0 Å². The topological polar surface area (TPSA) is 91.5 Å². The first kappa shape index (κ1) is 14.6. The second kappa shape index (κ2) is 5.84. The summed E-state index contributed by atoms with van der Waals surface area (Å²) in [5.41, 5.74) is 2.20. The molecule has 0 aliphatic carbocycles. The summed E-state index contributed by atoms with van der Waals surface area (Å²) in [7, 11) is 0. The van der Waals surface area contributed by atoms with E-state index >= 15 is 0 Å². The van der Waals surface area contributed by atoms with Gasteiger partial charge in [-0.3, -0.25) is 20.1 Å². The molecular weight excluding hydrogens is 294 g/mol. The fraction of sp³-hybridized carbons (Fsp3) is 0.0588. The van der Waals surface area contributed by atoms with E-state index in [4.69, 9.17) is 0 Å². The van der Waals surface area contributed by atoms with Crippen LogP contribution < -0.4 is 5.11 Å². The number of non-ortho nitro benzene ring substituents is 1. The van der Waals surface area contributed by atoms with Crippen LogP contribution in [0.1, 0.15) is 11.3 Å². The van der Waals surface area contributed by atoms with Crippen LogP contribution in [0.4, 0.5) is 11.4 Å². The van der Waals surface area contributed by atoms with E-state index in [1.807, 2.05) is 25.1 Å². The van der Waals surface area contributed by atoms with Crippen LogP contribution in [0.5, 0.6) is 0 Å². The lowest BCUT2D eigenvalue weighted by atomic mass is 10.1. The van der Waals surface area contributed by atoms with Crippen LogP contribution >= 0.6 is 0 Å². The minimum absolute atomic E-state index is 0.0657. The molecule has 0 radical (unpaired) electrons. The predicted octanol–water partition coefficient (Wildman–Crippen LogP) is 2.89. The fourth-order valence-electron chi connectivity index (χ4n) is 2.22. The highest BCUT2D eigenvalue weighted by Crippen LogP contribution is 2.25. The van der Waals surface area contributed by atoms with Crippen molar-refractivity contribution in [1.82, 2.24) is 4.98 Å². The smallest absolute Gasteiger partial charge is 0.269 e. The predicted molar refractivity (Wildman–Crippen MR) is 85.8 cm³/mol. The molecule has 1 heterocycles. The first-order chi connectivity index (χ1) is 11.0. The molecule has 0 fully saturated rings. The van der Waals surface area contributed by atoms with Crippen molar-refractivity contribution in [3.63, 3.8) is 0 Å². The Bertz CT molecular complexity index is 918. The van der Waals surface area contributed by atoms with E-state index in [0.29, 0.717) is 16.8 Å². The average molecular weight is 306 g/mol. The van der Waals surface area contributed by atoms with Crippen molar-refractivity contribution in [1.29, 1.82) is 0 Å². The van der Waals surface area contributed by atoms with Gasteiger partial charge in [-0.2, -0.15) is 0 Å². The van der Waals surface area contributed by atoms with Gasteiger partial charge in [-0.15, -0.1) is 0 Å². The van der Waals surface area contributed by atoms with Gasteiger partial charge in [0.15, 0.2) is 0 Å². The third kappa shape index (κ3) is 3.01. The number of aryl methyl sites for hydroxylation is 1. The van der Waals surface area contributed by atoms with Gasteiger partial charge >= 0.3 is 0 Å². The standard InChI is InChI=1S/C17H13N3O3/c1-11-5-6-12-3-2-4-15(16(12)18-11)19-17(21)13-7-9-14(10-8-13)20(22)23/h2-10H,1H3,(H,19,21)/p-1. The molecule has 0 spiro atoms. The Morgan fingerprint density at radius 1 is 1.09 bits per heavy atom. The molecule has 0 amide bonds. The van der Waals surface area contributed by atoms with Crippen LogP contribution in [-0.2, 0) is 0 Å². The summed E-state index contributed by atoms with van der Waals surface area (Å²) < 4.78 is 0. The summed E-state index contributed by atoms with van der Waals surface area (Å²) in [6.07, 6.45) is 0. The maximum atomic E-state index is 12.3. The third-order valence-corrected chi connectivity index (χ3v) is 3.39. The molecule has 0 aliphatic heterocycles. The summed E-state index contributed by atoms with van der Waals surface area (Å²) in [5.74, 6) is -0.462. The number of para-hydroxylation sites is 1. The Morgan fingerprint density at radius 3 is 2.52 bits per heavy atom. The molecule has 0 unspecified atom stereocenters. The molecule has 6 nitrogen and oxygen atoms in total. The largest absolute Gasteiger partial charge is 0.858 e. The van der Waals surface area contributed by atoms with Gasteiger partial charge in [0, 0.05) is 23.2 Å². The minimum Gasteiger partial charge on any atom is -0.858 e. The molecule has 0 bridgehead atoms. The molecule has 3 aromatic rings. The summed E-state index contributed by atoms with van der Waals surface area (Å²) in [6, 6.07) is 14.6. The number of nitrogens with zero attached hydrogens (tertiary/aromatic N) is 3. The zero-order valence-corrected chi connectivity index (χ0v) is 12.3. The third-order valence-electron chi connectivity index (χ3n) is 3.39. The van der Waals surface area contributed by atoms with E-state index in [9.17, 15) is 15.2 Å². The monoisotopic (exact) mass is 306 g/mol. The second-order valence-electron chi connectivity index (χ2n) is 5.02. The number of nitro groups is 1. The highest BCUT2D eigenvalue weighted by Gasteiger charge is 2.05. The van der Waals surface area contributed by atoms with Crippen molar-refractivity contribution in [3.8, 4) is 0 Å². The van der Waals surface area contributed by atoms with Gasteiger partial charge in [0.2, 0.25) is 0 Å². The van der Waals surface area contributed by atoms with Crippen LogP contribution in [0.15, 0.2) is 59.6 Å². The summed E-state index contributed by atoms with van der Waals surface area (Å²) in [4.78, 5) is 18.7. The number of hydrogen-bond donors (Lipinski definition) is 0. The van der Waals surface area contributed by atoms with Crippen molar-refractivity contribution in [2.45, 2.75) is 6.92 Å². The van der Waals surface area contributed by atoms with Gasteiger partial charge in [-0.05, 0) is 42.7 Å². The van der Waals surface area contributed by atoms with Crippen molar-refractivity contribution in [2.24, 2.45) is 4.99 Å². The lowest BCUT2D eigenvalue weighted by Gasteiger charge is -2.11. The molecule has 6 heteroatoms. The molecule has 0 saturated heterocycles. The maximum absolute atomic E-state index is 12.3. The molecule has 1 aromatic heterocycles. The van der Waals surface area contributed by atoms with Crippen LogP contribution in [0.3, 0.4) is 0 Å². The van der Waals surface area contributed by atoms with Crippen LogP contribution in [-0.4, -0.2) is 15.8 Å². The Balaban J connectivity index is 2.03. The minimum atomic E-state index is -0.511. The molecule has 23 heavy (non-hydrogen) atoms.